The van der Waals surface area contributed by atoms with E-state index in [2.05, 4.69) is 25.8 Å². The molecule has 3 N–H and O–H groups in total. The molecule has 0 bridgehead atoms. The highest BCUT2D eigenvalue weighted by atomic mass is 19.3. The summed E-state index contributed by atoms with van der Waals surface area (Å²) in [4.78, 5) is 59.5. The average Bonchev–Trinajstić information content (AvgIpc) is 3.04. The summed E-state index contributed by atoms with van der Waals surface area (Å²) in [7, 11) is 1.96. The summed E-state index contributed by atoms with van der Waals surface area (Å²) in [5, 5.41) is 7.47. The minimum absolute atomic E-state index is 0.0335. The van der Waals surface area contributed by atoms with Gasteiger partial charge in [0.2, 0.25) is 17.7 Å². The summed E-state index contributed by atoms with van der Waals surface area (Å²) in [6.07, 6.45) is 4.70. The van der Waals surface area contributed by atoms with Crippen molar-refractivity contribution in [2.24, 2.45) is 5.92 Å². The Morgan fingerprint density at radius 3 is 2.30 bits per heavy atom. The molecule has 1 aromatic heterocycles. The first-order chi connectivity index (χ1) is 21.9. The predicted octanol–water partition coefficient (Wildman–Crippen LogP) is 3.54. The Bertz CT molecular complexity index is 1390. The van der Waals surface area contributed by atoms with Crippen molar-refractivity contribution in [2.75, 3.05) is 38.5 Å². The summed E-state index contributed by atoms with van der Waals surface area (Å²) < 4.78 is 45.6. The molecule has 2 aromatic rings. The number of likely N-dealkylation sites (N-methyl/N-ethyl adjacent to an activating group) is 1. The summed E-state index contributed by atoms with van der Waals surface area (Å²) >= 11 is 0. The minimum atomic E-state index is -3.94. The van der Waals surface area contributed by atoms with Gasteiger partial charge in [0, 0.05) is 56.5 Å². The highest BCUT2D eigenvalue weighted by Gasteiger charge is 2.44. The van der Waals surface area contributed by atoms with Gasteiger partial charge < -0.3 is 25.8 Å². The van der Waals surface area contributed by atoms with Gasteiger partial charge in [0.1, 0.15) is 17.9 Å². The van der Waals surface area contributed by atoms with Crippen LogP contribution >= 0.6 is 0 Å². The number of aromatic nitrogens is 1. The van der Waals surface area contributed by atoms with Gasteiger partial charge in [-0.15, -0.1) is 0 Å². The summed E-state index contributed by atoms with van der Waals surface area (Å²) in [6, 6.07) is 4.31. The summed E-state index contributed by atoms with van der Waals surface area (Å²) in [5.74, 6) is -8.15. The normalized spacial score (nSPS) is 17.6. The molecule has 1 saturated heterocycles. The van der Waals surface area contributed by atoms with Crippen LogP contribution in [-0.2, 0) is 31.5 Å². The number of anilines is 1. The lowest BCUT2D eigenvalue weighted by Gasteiger charge is -2.34. The van der Waals surface area contributed by atoms with Gasteiger partial charge >= 0.3 is 5.92 Å². The lowest BCUT2D eigenvalue weighted by molar-refractivity contribution is -0.149. The van der Waals surface area contributed by atoms with E-state index >= 15 is 13.2 Å². The van der Waals surface area contributed by atoms with Gasteiger partial charge in [-0.25, -0.2) is 4.39 Å². The minimum Gasteiger partial charge on any atom is -0.344 e. The summed E-state index contributed by atoms with van der Waals surface area (Å²) in [6.45, 7) is 5.74. The Labute approximate surface area is 267 Å². The molecule has 1 saturated carbocycles. The van der Waals surface area contributed by atoms with Crippen molar-refractivity contribution in [3.63, 3.8) is 0 Å². The number of amides is 4. The third-order valence-electron chi connectivity index (χ3n) is 8.75. The van der Waals surface area contributed by atoms with E-state index in [9.17, 15) is 19.2 Å². The molecule has 1 aromatic carbocycles. The van der Waals surface area contributed by atoms with Gasteiger partial charge in [-0.2, -0.15) is 8.78 Å². The maximum atomic E-state index is 15.4. The highest BCUT2D eigenvalue weighted by Crippen LogP contribution is 2.31. The van der Waals surface area contributed by atoms with Crippen molar-refractivity contribution in [3.8, 4) is 0 Å². The van der Waals surface area contributed by atoms with Crippen LogP contribution in [0.4, 0.5) is 18.9 Å². The molecule has 46 heavy (non-hydrogen) atoms. The van der Waals surface area contributed by atoms with E-state index in [0.717, 1.165) is 31.5 Å². The van der Waals surface area contributed by atoms with Crippen LogP contribution in [0.5, 0.6) is 0 Å². The zero-order valence-corrected chi connectivity index (χ0v) is 26.6. The van der Waals surface area contributed by atoms with Crippen LogP contribution < -0.4 is 16.0 Å². The third-order valence-corrected chi connectivity index (χ3v) is 8.75. The molecule has 1 aliphatic heterocycles. The number of aryl methyl sites for hydroxylation is 1. The first-order valence-electron chi connectivity index (χ1n) is 15.9. The smallest absolute Gasteiger partial charge is 0.344 e. The van der Waals surface area contributed by atoms with Crippen molar-refractivity contribution < 1.29 is 32.3 Å². The van der Waals surface area contributed by atoms with E-state index in [1.807, 2.05) is 7.05 Å². The zero-order chi connectivity index (χ0) is 33.4. The molecular weight excluding hydrogens is 601 g/mol. The first kappa shape index (κ1) is 34.9. The molecule has 10 nitrogen and oxygen atoms in total. The Kier molecular flexibility index (Phi) is 11.8. The maximum absolute atomic E-state index is 15.4. The van der Waals surface area contributed by atoms with Gasteiger partial charge in [-0.05, 0) is 62.6 Å². The van der Waals surface area contributed by atoms with E-state index in [1.165, 1.54) is 24.3 Å². The fourth-order valence-electron chi connectivity index (χ4n) is 5.86. The Morgan fingerprint density at radius 1 is 1.00 bits per heavy atom. The van der Waals surface area contributed by atoms with Gasteiger partial charge in [-0.1, -0.05) is 32.3 Å². The second-order valence-electron chi connectivity index (χ2n) is 12.2. The standard InChI is InChI=1S/C33H43F3N6O4/c1-4-28(43)38-27(31(45)42-16-14-41(3)15-17-42)19-22-11-13-26(25(34)18-22)39-30(44)29(23-8-6-5-7-9-23)40-32(46)33(35,36)24-12-10-21(2)37-20-24/h10-13,18,20,23,27,29H,4-9,14-17,19H2,1-3H3,(H,38,43)(H,39,44)(H,40,46). The number of piperazine rings is 1. The number of hydrogen-bond acceptors (Lipinski definition) is 6. The van der Waals surface area contributed by atoms with E-state index in [4.69, 9.17) is 0 Å². The number of carbonyl (C=O) groups is 4. The number of nitrogens with one attached hydrogen (secondary N) is 3. The fourth-order valence-corrected chi connectivity index (χ4v) is 5.86. The second-order valence-corrected chi connectivity index (χ2v) is 12.2. The van der Waals surface area contributed by atoms with E-state index in [-0.39, 0.29) is 30.3 Å². The number of carbonyl (C=O) groups excluding carboxylic acids is 4. The maximum Gasteiger partial charge on any atom is 0.351 e. The number of nitrogens with zero attached hydrogens (tertiary/aromatic N) is 3. The third kappa shape index (κ3) is 8.83. The van der Waals surface area contributed by atoms with Crippen LogP contribution in [0.2, 0.25) is 0 Å². The van der Waals surface area contributed by atoms with Crippen molar-refractivity contribution in [1.82, 2.24) is 25.4 Å². The molecule has 2 unspecified atom stereocenters. The average molecular weight is 645 g/mol. The van der Waals surface area contributed by atoms with Crippen LogP contribution in [-0.4, -0.2) is 83.7 Å². The Morgan fingerprint density at radius 2 is 1.70 bits per heavy atom. The number of alkyl halides is 2. The van der Waals surface area contributed by atoms with Crippen molar-refractivity contribution in [2.45, 2.75) is 76.8 Å². The Balaban J connectivity index is 1.48. The first-order valence-corrected chi connectivity index (χ1v) is 15.9. The van der Waals surface area contributed by atoms with Gasteiger partial charge in [0.05, 0.1) is 5.69 Å². The van der Waals surface area contributed by atoms with E-state index in [1.54, 1.807) is 18.7 Å². The largest absolute Gasteiger partial charge is 0.351 e. The molecule has 2 fully saturated rings. The Hall–Kier alpha value is -4.00. The molecule has 2 atom stereocenters. The van der Waals surface area contributed by atoms with Gasteiger partial charge in [0.25, 0.3) is 5.91 Å². The van der Waals surface area contributed by atoms with Gasteiger partial charge in [0.15, 0.2) is 0 Å². The number of benzene rings is 1. The summed E-state index contributed by atoms with van der Waals surface area (Å²) in [5.41, 5.74) is 0.135. The van der Waals surface area contributed by atoms with Crippen LogP contribution in [0.15, 0.2) is 36.5 Å². The zero-order valence-electron chi connectivity index (χ0n) is 26.6. The van der Waals surface area contributed by atoms with Crippen molar-refractivity contribution in [1.29, 1.82) is 0 Å². The highest BCUT2D eigenvalue weighted by molar-refractivity contribution is 5.98. The fraction of sp³-hybridized carbons (Fsp3) is 0.545. The molecular formula is C33H43F3N6O4. The predicted molar refractivity (Wildman–Crippen MR) is 166 cm³/mol. The quantitative estimate of drug-likeness (QED) is 0.344. The van der Waals surface area contributed by atoms with Crippen LogP contribution in [0, 0.1) is 18.7 Å². The van der Waals surface area contributed by atoms with E-state index < -0.39 is 47.1 Å². The lowest BCUT2D eigenvalue weighted by Crippen LogP contribution is -2.54. The topological polar surface area (TPSA) is 124 Å². The molecule has 13 heteroatoms. The molecule has 2 heterocycles. The van der Waals surface area contributed by atoms with Crippen LogP contribution in [0.1, 0.15) is 62.3 Å². The lowest BCUT2D eigenvalue weighted by atomic mass is 9.83. The van der Waals surface area contributed by atoms with Gasteiger partial charge in [-0.3, -0.25) is 24.2 Å². The molecule has 0 spiro atoms. The van der Waals surface area contributed by atoms with Crippen molar-refractivity contribution in [3.05, 3.63) is 59.2 Å². The molecule has 250 valence electrons. The number of pyridine rings is 1. The molecule has 2 aliphatic rings. The molecule has 1 aliphatic carbocycles. The number of rotatable bonds is 11. The monoisotopic (exact) mass is 644 g/mol. The number of halogens is 3. The van der Waals surface area contributed by atoms with E-state index in [0.29, 0.717) is 50.3 Å². The SMILES string of the molecule is CCC(=O)NC(Cc1ccc(NC(=O)C(NC(=O)C(F)(F)c2ccc(C)nc2)C2CCCCC2)c(F)c1)C(=O)N1CCN(C)CC1. The molecule has 4 amide bonds. The van der Waals surface area contributed by atoms with Crippen LogP contribution in [0.25, 0.3) is 0 Å². The molecule has 4 rings (SSSR count). The number of hydrogen-bond donors (Lipinski definition) is 3. The van der Waals surface area contributed by atoms with Crippen LogP contribution in [0.3, 0.4) is 0 Å². The van der Waals surface area contributed by atoms with Crippen molar-refractivity contribution >= 4 is 29.3 Å². The second kappa shape index (κ2) is 15.5. The molecule has 0 radical (unpaired) electrons.